The Labute approximate surface area is 139 Å². The third-order valence-corrected chi connectivity index (χ3v) is 3.43. The van der Waals surface area contributed by atoms with Crippen LogP contribution in [0.4, 0.5) is 22.0 Å². The number of hydrogen-bond donors (Lipinski definition) is 2. The van der Waals surface area contributed by atoms with E-state index in [4.69, 9.17) is 11.6 Å². The first-order valence-corrected chi connectivity index (χ1v) is 6.63. The van der Waals surface area contributed by atoms with Crippen molar-refractivity contribution in [3.63, 3.8) is 0 Å². The van der Waals surface area contributed by atoms with E-state index in [-0.39, 0.29) is 18.6 Å². The van der Waals surface area contributed by atoms with E-state index in [1.807, 2.05) is 0 Å². The Hall–Kier alpha value is -1.19. The van der Waals surface area contributed by atoms with Gasteiger partial charge in [-0.05, 0) is 19.0 Å². The average molecular weight is 380 g/mol. The lowest BCUT2D eigenvalue weighted by Gasteiger charge is -2.20. The van der Waals surface area contributed by atoms with Crippen molar-refractivity contribution in [2.24, 2.45) is 0 Å². The van der Waals surface area contributed by atoms with Crippen LogP contribution in [0.25, 0.3) is 0 Å². The number of pyridine rings is 1. The van der Waals surface area contributed by atoms with Crippen LogP contribution in [-0.2, 0) is 16.9 Å². The molecule has 0 bridgehead atoms. The summed E-state index contributed by atoms with van der Waals surface area (Å²) in [6, 6.07) is -0.144. The molecule has 130 valence electrons. The molecule has 1 aromatic heterocycles. The number of nitrogens with one attached hydrogen (secondary N) is 2. The number of hydrogen-bond acceptors (Lipinski definition) is 3. The van der Waals surface area contributed by atoms with Gasteiger partial charge >= 0.3 is 12.1 Å². The van der Waals surface area contributed by atoms with Gasteiger partial charge in [-0.3, -0.25) is 9.78 Å². The summed E-state index contributed by atoms with van der Waals surface area (Å²) < 4.78 is 65.4. The van der Waals surface area contributed by atoms with E-state index in [0.717, 1.165) is 0 Å². The average Bonchev–Trinajstić information content (AvgIpc) is 2.90. The van der Waals surface area contributed by atoms with Gasteiger partial charge in [-0.1, -0.05) is 11.6 Å². The van der Waals surface area contributed by atoms with E-state index in [2.05, 4.69) is 15.6 Å². The first-order chi connectivity index (χ1) is 10.1. The van der Waals surface area contributed by atoms with Gasteiger partial charge in [-0.25, -0.2) is 0 Å². The minimum absolute atomic E-state index is 0. The highest BCUT2D eigenvalue weighted by atomic mass is 35.5. The zero-order valence-electron chi connectivity index (χ0n) is 11.4. The van der Waals surface area contributed by atoms with Gasteiger partial charge in [0, 0.05) is 18.8 Å². The van der Waals surface area contributed by atoms with E-state index < -0.39 is 40.3 Å². The highest BCUT2D eigenvalue weighted by Crippen LogP contribution is 2.36. The molecule has 23 heavy (non-hydrogen) atoms. The van der Waals surface area contributed by atoms with Crippen molar-refractivity contribution in [2.45, 2.75) is 24.6 Å². The number of alkyl halides is 5. The van der Waals surface area contributed by atoms with Crippen LogP contribution in [0.15, 0.2) is 12.3 Å². The number of carbonyl (C=O) groups is 1. The predicted octanol–water partition coefficient (Wildman–Crippen LogP) is 2.75. The molecule has 0 aromatic carbocycles. The molecule has 0 spiro atoms. The summed E-state index contributed by atoms with van der Waals surface area (Å²) in [4.78, 5) is 14.7. The van der Waals surface area contributed by atoms with Gasteiger partial charge < -0.3 is 10.6 Å². The van der Waals surface area contributed by atoms with Crippen LogP contribution in [0, 0.1) is 0 Å². The molecule has 1 aliphatic rings. The smallest absolute Gasteiger partial charge is 0.346 e. The number of rotatable bonds is 3. The quantitative estimate of drug-likeness (QED) is 0.794. The number of amides is 1. The van der Waals surface area contributed by atoms with Gasteiger partial charge in [0.05, 0.1) is 10.6 Å². The molecule has 2 rings (SSSR count). The van der Waals surface area contributed by atoms with Crippen molar-refractivity contribution in [2.75, 3.05) is 13.1 Å². The summed E-state index contributed by atoms with van der Waals surface area (Å²) in [6.45, 7) is 0.922. The summed E-state index contributed by atoms with van der Waals surface area (Å²) >= 11 is 5.45. The molecule has 11 heteroatoms. The molecular weight excluding hydrogens is 368 g/mol. The van der Waals surface area contributed by atoms with Gasteiger partial charge in [-0.2, -0.15) is 22.0 Å². The molecule has 2 N–H and O–H groups in total. The van der Waals surface area contributed by atoms with Crippen molar-refractivity contribution in [3.05, 3.63) is 28.5 Å². The normalized spacial score (nSPS) is 18.4. The topological polar surface area (TPSA) is 54.0 Å². The highest BCUT2D eigenvalue weighted by Gasteiger charge is 2.46. The number of carbonyl (C=O) groups excluding carboxylic acids is 1. The summed E-state index contributed by atoms with van der Waals surface area (Å²) in [5, 5.41) is 4.08. The Kier molecular flexibility index (Phi) is 6.17. The van der Waals surface area contributed by atoms with Crippen LogP contribution in [0.2, 0.25) is 5.02 Å². The summed E-state index contributed by atoms with van der Waals surface area (Å²) in [5.74, 6) is -5.76. The molecule has 1 aromatic rings. The lowest BCUT2D eigenvalue weighted by molar-refractivity contribution is -0.148. The Morgan fingerprint density at radius 3 is 2.48 bits per heavy atom. The molecule has 1 amide bonds. The molecule has 0 radical (unpaired) electrons. The van der Waals surface area contributed by atoms with Crippen LogP contribution >= 0.6 is 24.0 Å². The van der Waals surface area contributed by atoms with E-state index >= 15 is 0 Å². The Morgan fingerprint density at radius 1 is 1.35 bits per heavy atom. The number of halogens is 7. The highest BCUT2D eigenvalue weighted by molar-refractivity contribution is 6.31. The Balaban J connectivity index is 0.00000264. The second-order valence-electron chi connectivity index (χ2n) is 4.79. The first-order valence-electron chi connectivity index (χ1n) is 6.25. The van der Waals surface area contributed by atoms with Gasteiger partial charge in [0.15, 0.2) is 0 Å². The fourth-order valence-electron chi connectivity index (χ4n) is 1.99. The van der Waals surface area contributed by atoms with Gasteiger partial charge in [0.1, 0.15) is 5.69 Å². The monoisotopic (exact) mass is 379 g/mol. The summed E-state index contributed by atoms with van der Waals surface area (Å²) in [7, 11) is 0. The SMILES string of the molecule is Cl.O=C(NC1CCNC1)C(F)(F)c1ncc(C(F)(F)F)cc1Cl. The number of nitrogens with zero attached hydrogens (tertiary/aromatic N) is 1. The van der Waals surface area contributed by atoms with Crippen molar-refractivity contribution < 1.29 is 26.7 Å². The zero-order valence-corrected chi connectivity index (χ0v) is 13.0. The lowest BCUT2D eigenvalue weighted by atomic mass is 10.1. The maximum atomic E-state index is 14.0. The molecule has 1 unspecified atom stereocenters. The van der Waals surface area contributed by atoms with E-state index in [1.165, 1.54) is 0 Å². The van der Waals surface area contributed by atoms with Crippen LogP contribution < -0.4 is 10.6 Å². The third kappa shape index (κ3) is 4.42. The van der Waals surface area contributed by atoms with Crippen LogP contribution in [0.3, 0.4) is 0 Å². The minimum atomic E-state index is -4.76. The predicted molar refractivity (Wildman–Crippen MR) is 74.8 cm³/mol. The molecule has 0 aliphatic carbocycles. The van der Waals surface area contributed by atoms with Crippen molar-refractivity contribution in [1.82, 2.24) is 15.6 Å². The summed E-state index contributed by atoms with van der Waals surface area (Å²) in [6.07, 6.45) is -4.06. The standard InChI is InChI=1S/C12H11ClF5N3O.ClH/c13-8-3-6(12(16,17)18)4-20-9(8)11(14,15)10(22)21-7-1-2-19-5-7;/h3-4,7,19H,1-2,5H2,(H,21,22);1H. The Bertz CT molecular complexity index is 576. The second kappa shape index (κ2) is 7.14. The van der Waals surface area contributed by atoms with Gasteiger partial charge in [0.25, 0.3) is 5.91 Å². The second-order valence-corrected chi connectivity index (χ2v) is 5.20. The third-order valence-electron chi connectivity index (χ3n) is 3.15. The maximum absolute atomic E-state index is 14.0. The molecule has 2 heterocycles. The molecule has 0 saturated carbocycles. The molecular formula is C12H12Cl2F5N3O. The molecule has 4 nitrogen and oxygen atoms in total. The van der Waals surface area contributed by atoms with Crippen molar-refractivity contribution in [1.29, 1.82) is 0 Å². The summed E-state index contributed by atoms with van der Waals surface area (Å²) in [5.41, 5.74) is -2.47. The fourth-order valence-corrected chi connectivity index (χ4v) is 2.27. The Morgan fingerprint density at radius 2 is 2.00 bits per heavy atom. The number of aromatic nitrogens is 1. The van der Waals surface area contributed by atoms with Crippen LogP contribution in [0.5, 0.6) is 0 Å². The van der Waals surface area contributed by atoms with E-state index in [1.54, 1.807) is 0 Å². The lowest BCUT2D eigenvalue weighted by Crippen LogP contribution is -2.45. The molecule has 1 atom stereocenters. The van der Waals surface area contributed by atoms with Gasteiger partial charge in [0.2, 0.25) is 0 Å². The fraction of sp³-hybridized carbons (Fsp3) is 0.500. The van der Waals surface area contributed by atoms with Gasteiger partial charge in [-0.15, -0.1) is 12.4 Å². The van der Waals surface area contributed by atoms with E-state index in [9.17, 15) is 26.7 Å². The first kappa shape index (κ1) is 19.9. The largest absolute Gasteiger partial charge is 0.417 e. The molecule has 1 fully saturated rings. The van der Waals surface area contributed by atoms with Crippen molar-refractivity contribution in [3.8, 4) is 0 Å². The minimum Gasteiger partial charge on any atom is -0.346 e. The maximum Gasteiger partial charge on any atom is 0.417 e. The zero-order chi connectivity index (χ0) is 16.5. The van der Waals surface area contributed by atoms with Crippen LogP contribution in [0.1, 0.15) is 17.7 Å². The molecule has 1 aliphatic heterocycles. The van der Waals surface area contributed by atoms with Crippen LogP contribution in [-0.4, -0.2) is 30.0 Å². The molecule has 1 saturated heterocycles. The van der Waals surface area contributed by atoms with Crippen molar-refractivity contribution >= 4 is 29.9 Å². The van der Waals surface area contributed by atoms with E-state index in [0.29, 0.717) is 25.6 Å².